The van der Waals surface area contributed by atoms with Gasteiger partial charge in [-0.3, -0.25) is 4.79 Å². The highest BCUT2D eigenvalue weighted by molar-refractivity contribution is 5.76. The molecule has 2 N–H and O–H groups in total. The zero-order chi connectivity index (χ0) is 12.4. The summed E-state index contributed by atoms with van der Waals surface area (Å²) in [6.07, 6.45) is 6.18. The van der Waals surface area contributed by atoms with Crippen LogP contribution in [0, 0.1) is 0 Å². The average molecular weight is 229 g/mol. The van der Waals surface area contributed by atoms with Crippen molar-refractivity contribution in [1.29, 1.82) is 0 Å². The predicted octanol–water partition coefficient (Wildman–Crippen LogP) is 2.62. The topological polar surface area (TPSA) is 49.3 Å². The third-order valence-corrected chi connectivity index (χ3v) is 2.53. The van der Waals surface area contributed by atoms with E-state index in [1.807, 2.05) is 13.8 Å². The Bertz CT molecular complexity index is 181. The van der Waals surface area contributed by atoms with E-state index in [2.05, 4.69) is 12.2 Å². The highest BCUT2D eigenvalue weighted by Crippen LogP contribution is 2.09. The fraction of sp³-hybridized carbons (Fsp3) is 0.923. The summed E-state index contributed by atoms with van der Waals surface area (Å²) in [5.41, 5.74) is 0. The number of carbonyl (C=O) groups excluding carboxylic acids is 1. The Balaban J connectivity index is 3.35. The van der Waals surface area contributed by atoms with Gasteiger partial charge in [-0.15, -0.1) is 0 Å². The first kappa shape index (κ1) is 15.4. The molecule has 1 unspecified atom stereocenters. The molecule has 0 aliphatic carbocycles. The molecule has 3 nitrogen and oxygen atoms in total. The van der Waals surface area contributed by atoms with Crippen LogP contribution >= 0.6 is 0 Å². The lowest BCUT2D eigenvalue weighted by molar-refractivity contribution is -0.121. The van der Waals surface area contributed by atoms with E-state index < -0.39 is 0 Å². The summed E-state index contributed by atoms with van der Waals surface area (Å²) in [6, 6.07) is 0.225. The standard InChI is InChI=1S/C13H27NO2/c1-4-5-8-12(15)9-6-7-10-13(16)14-11(2)3/h11-12,15H,4-10H2,1-3H3,(H,14,16). The van der Waals surface area contributed by atoms with Gasteiger partial charge in [0, 0.05) is 12.5 Å². The minimum absolute atomic E-state index is 0.123. The number of rotatable bonds is 9. The molecule has 0 aliphatic heterocycles. The number of nitrogens with one attached hydrogen (secondary N) is 1. The fourth-order valence-electron chi connectivity index (χ4n) is 1.64. The van der Waals surface area contributed by atoms with E-state index in [1.165, 1.54) is 0 Å². The second kappa shape index (κ2) is 9.64. The van der Waals surface area contributed by atoms with Crippen LogP contribution in [0.3, 0.4) is 0 Å². The van der Waals surface area contributed by atoms with Crippen LogP contribution in [-0.4, -0.2) is 23.2 Å². The molecule has 0 saturated heterocycles. The second-order valence-corrected chi connectivity index (χ2v) is 4.76. The molecule has 0 aromatic rings. The van der Waals surface area contributed by atoms with Gasteiger partial charge in [-0.05, 0) is 33.1 Å². The first-order valence-electron chi connectivity index (χ1n) is 6.53. The van der Waals surface area contributed by atoms with Crippen molar-refractivity contribution in [3.63, 3.8) is 0 Å². The van der Waals surface area contributed by atoms with Gasteiger partial charge < -0.3 is 10.4 Å². The summed E-state index contributed by atoms with van der Waals surface area (Å²) in [4.78, 5) is 11.3. The van der Waals surface area contributed by atoms with E-state index in [4.69, 9.17) is 0 Å². The Morgan fingerprint density at radius 3 is 2.38 bits per heavy atom. The van der Waals surface area contributed by atoms with Crippen molar-refractivity contribution in [1.82, 2.24) is 5.32 Å². The van der Waals surface area contributed by atoms with Gasteiger partial charge in [-0.1, -0.05) is 26.2 Å². The molecule has 1 atom stereocenters. The highest BCUT2D eigenvalue weighted by Gasteiger charge is 2.05. The summed E-state index contributed by atoms with van der Waals surface area (Å²) in [7, 11) is 0. The van der Waals surface area contributed by atoms with Gasteiger partial charge in [-0.2, -0.15) is 0 Å². The van der Waals surface area contributed by atoms with Crippen molar-refractivity contribution >= 4 is 5.91 Å². The Kier molecular flexibility index (Phi) is 9.30. The monoisotopic (exact) mass is 229 g/mol. The summed E-state index contributed by atoms with van der Waals surface area (Å²) >= 11 is 0. The normalized spacial score (nSPS) is 12.8. The van der Waals surface area contributed by atoms with Gasteiger partial charge in [0.25, 0.3) is 0 Å². The number of carbonyl (C=O) groups is 1. The first-order chi connectivity index (χ1) is 7.56. The van der Waals surface area contributed by atoms with Crippen molar-refractivity contribution in [2.45, 2.75) is 77.9 Å². The maximum atomic E-state index is 11.3. The molecule has 0 aliphatic rings. The van der Waals surface area contributed by atoms with E-state index in [9.17, 15) is 9.90 Å². The quantitative estimate of drug-likeness (QED) is 0.597. The summed E-state index contributed by atoms with van der Waals surface area (Å²) < 4.78 is 0. The van der Waals surface area contributed by atoms with Crippen LogP contribution < -0.4 is 5.32 Å². The molecule has 96 valence electrons. The van der Waals surface area contributed by atoms with Crippen molar-refractivity contribution in [3.8, 4) is 0 Å². The van der Waals surface area contributed by atoms with E-state index in [0.717, 1.165) is 38.5 Å². The summed E-state index contributed by atoms with van der Waals surface area (Å²) in [5.74, 6) is 0.123. The molecule has 0 aromatic carbocycles. The Hall–Kier alpha value is -0.570. The molecule has 0 aromatic heterocycles. The molecule has 16 heavy (non-hydrogen) atoms. The summed E-state index contributed by atoms with van der Waals surface area (Å²) in [6.45, 7) is 6.06. The molecule has 1 amide bonds. The maximum absolute atomic E-state index is 11.3. The maximum Gasteiger partial charge on any atom is 0.220 e. The average Bonchev–Trinajstić information content (AvgIpc) is 2.20. The largest absolute Gasteiger partial charge is 0.393 e. The number of unbranched alkanes of at least 4 members (excludes halogenated alkanes) is 2. The molecular weight excluding hydrogens is 202 g/mol. The fourth-order valence-corrected chi connectivity index (χ4v) is 1.64. The third kappa shape index (κ3) is 9.97. The minimum Gasteiger partial charge on any atom is -0.393 e. The Labute approximate surface area is 99.6 Å². The van der Waals surface area contributed by atoms with Crippen LogP contribution in [0.25, 0.3) is 0 Å². The van der Waals surface area contributed by atoms with Crippen LogP contribution in [0.2, 0.25) is 0 Å². The smallest absolute Gasteiger partial charge is 0.220 e. The third-order valence-electron chi connectivity index (χ3n) is 2.53. The second-order valence-electron chi connectivity index (χ2n) is 4.76. The molecule has 3 heteroatoms. The van der Waals surface area contributed by atoms with Gasteiger partial charge >= 0.3 is 0 Å². The van der Waals surface area contributed by atoms with Crippen molar-refractivity contribution in [2.24, 2.45) is 0 Å². The molecular formula is C13H27NO2. The van der Waals surface area contributed by atoms with E-state index >= 15 is 0 Å². The predicted molar refractivity (Wildman–Crippen MR) is 67.3 cm³/mol. The highest BCUT2D eigenvalue weighted by atomic mass is 16.3. The molecule has 0 rings (SSSR count). The Morgan fingerprint density at radius 2 is 1.81 bits per heavy atom. The first-order valence-corrected chi connectivity index (χ1v) is 6.53. The molecule has 0 radical (unpaired) electrons. The SMILES string of the molecule is CCCCC(O)CCCCC(=O)NC(C)C. The van der Waals surface area contributed by atoms with Crippen molar-refractivity contribution in [2.75, 3.05) is 0 Å². The lowest BCUT2D eigenvalue weighted by Gasteiger charge is -2.10. The lowest BCUT2D eigenvalue weighted by Crippen LogP contribution is -2.29. The molecule has 0 bridgehead atoms. The van der Waals surface area contributed by atoms with E-state index in [0.29, 0.717) is 6.42 Å². The molecule has 0 fully saturated rings. The zero-order valence-electron chi connectivity index (χ0n) is 11.0. The van der Waals surface area contributed by atoms with Crippen LogP contribution in [0.15, 0.2) is 0 Å². The van der Waals surface area contributed by atoms with Gasteiger partial charge in [-0.25, -0.2) is 0 Å². The van der Waals surface area contributed by atoms with Crippen LogP contribution in [0.5, 0.6) is 0 Å². The van der Waals surface area contributed by atoms with Crippen LogP contribution in [-0.2, 0) is 4.79 Å². The zero-order valence-corrected chi connectivity index (χ0v) is 11.0. The minimum atomic E-state index is -0.173. The van der Waals surface area contributed by atoms with E-state index in [-0.39, 0.29) is 18.1 Å². The van der Waals surface area contributed by atoms with Gasteiger partial charge in [0.1, 0.15) is 0 Å². The van der Waals surface area contributed by atoms with Gasteiger partial charge in [0.05, 0.1) is 6.10 Å². The molecule has 0 saturated carbocycles. The molecule has 0 spiro atoms. The number of aliphatic hydroxyl groups is 1. The lowest BCUT2D eigenvalue weighted by atomic mass is 10.1. The van der Waals surface area contributed by atoms with Crippen molar-refractivity contribution in [3.05, 3.63) is 0 Å². The summed E-state index contributed by atoms with van der Waals surface area (Å²) in [5, 5.41) is 12.5. The number of hydrogen-bond acceptors (Lipinski definition) is 2. The Morgan fingerprint density at radius 1 is 1.19 bits per heavy atom. The van der Waals surface area contributed by atoms with Gasteiger partial charge in [0.15, 0.2) is 0 Å². The van der Waals surface area contributed by atoms with Crippen LogP contribution in [0.1, 0.15) is 65.7 Å². The van der Waals surface area contributed by atoms with Gasteiger partial charge in [0.2, 0.25) is 5.91 Å². The van der Waals surface area contributed by atoms with Crippen LogP contribution in [0.4, 0.5) is 0 Å². The molecule has 0 heterocycles. The van der Waals surface area contributed by atoms with Crippen molar-refractivity contribution < 1.29 is 9.90 Å². The number of aliphatic hydroxyl groups excluding tert-OH is 1. The number of hydrogen-bond donors (Lipinski definition) is 2. The number of amides is 1. The van der Waals surface area contributed by atoms with E-state index in [1.54, 1.807) is 0 Å².